The minimum absolute atomic E-state index is 0.0408. The van der Waals surface area contributed by atoms with Crippen molar-refractivity contribution in [1.29, 1.82) is 0 Å². The fraction of sp³-hybridized carbons (Fsp3) is 0.615. The maximum absolute atomic E-state index is 12.9. The highest BCUT2D eigenvalue weighted by Gasteiger charge is 2.60. The van der Waals surface area contributed by atoms with Gasteiger partial charge in [-0.15, -0.1) is 12.0 Å². The molecule has 0 bridgehead atoms. The van der Waals surface area contributed by atoms with Crippen LogP contribution < -0.4 is 5.32 Å². The van der Waals surface area contributed by atoms with E-state index in [1.807, 2.05) is 0 Å². The second-order valence-corrected chi connectivity index (χ2v) is 21.2. The highest BCUT2D eigenvalue weighted by atomic mass is 28.4. The summed E-state index contributed by atoms with van der Waals surface area (Å²) in [7, 11) is -3.09. The number of esters is 1. The van der Waals surface area contributed by atoms with Gasteiger partial charge in [-0.2, -0.15) is 0 Å². The fourth-order valence-corrected chi connectivity index (χ4v) is 6.08. The molecular weight excluding hydrogens is 494 g/mol. The van der Waals surface area contributed by atoms with Crippen molar-refractivity contribution in [3.63, 3.8) is 0 Å². The van der Waals surface area contributed by atoms with Gasteiger partial charge in [0.25, 0.3) is 0 Å². The summed E-state index contributed by atoms with van der Waals surface area (Å²) in [6.45, 7) is 17.3. The van der Waals surface area contributed by atoms with Crippen molar-refractivity contribution in [2.24, 2.45) is 0 Å². The van der Waals surface area contributed by atoms with Gasteiger partial charge in [0.1, 0.15) is 13.7 Å². The zero-order valence-corrected chi connectivity index (χ0v) is 24.7. The Kier molecular flexibility index (Phi) is 7.46. The van der Waals surface area contributed by atoms with Crippen molar-refractivity contribution in [3.8, 4) is 23.8 Å². The van der Waals surface area contributed by atoms with Gasteiger partial charge in [0.2, 0.25) is 5.79 Å². The summed E-state index contributed by atoms with van der Waals surface area (Å²) in [6.07, 6.45) is 5.89. The summed E-state index contributed by atoms with van der Waals surface area (Å²) in [4.78, 5) is 25.3. The fourth-order valence-electron chi connectivity index (χ4n) is 4.10. The van der Waals surface area contributed by atoms with Gasteiger partial charge in [0, 0.05) is 17.2 Å². The molecule has 3 rings (SSSR count). The Hall–Kier alpha value is -2.35. The molecular formula is C26H37NO7Si2. The third-order valence-corrected chi connectivity index (χ3v) is 12.2. The molecule has 1 spiro atoms. The highest BCUT2D eigenvalue weighted by molar-refractivity contribution is 6.83. The molecule has 10 heteroatoms. The summed E-state index contributed by atoms with van der Waals surface area (Å²) < 4.78 is 29.8. The minimum atomic E-state index is -2.49. The zero-order chi connectivity index (χ0) is 27.2. The number of amides is 1. The van der Waals surface area contributed by atoms with Crippen molar-refractivity contribution in [3.05, 3.63) is 22.9 Å². The molecule has 3 aliphatic rings. The molecule has 0 aromatic carbocycles. The Morgan fingerprint density at radius 2 is 1.81 bits per heavy atom. The van der Waals surface area contributed by atoms with Crippen LogP contribution in [0.4, 0.5) is 4.79 Å². The van der Waals surface area contributed by atoms with Crippen LogP contribution in [0.2, 0.25) is 37.8 Å². The number of methoxy groups -OCH3 is 1. The number of fused-ring (bicyclic) bond motifs is 1. The predicted octanol–water partition coefficient (Wildman–Crippen LogP) is 3.87. The average Bonchev–Trinajstić information content (AvgIpc) is 3.22. The third kappa shape index (κ3) is 5.34. The van der Waals surface area contributed by atoms with E-state index in [1.54, 1.807) is 0 Å². The van der Waals surface area contributed by atoms with Crippen molar-refractivity contribution < 1.29 is 33.0 Å². The van der Waals surface area contributed by atoms with Gasteiger partial charge in [-0.3, -0.25) is 5.32 Å². The summed E-state index contributed by atoms with van der Waals surface area (Å²) in [6, 6.07) is 0. The first-order valence-electron chi connectivity index (χ1n) is 12.0. The van der Waals surface area contributed by atoms with Crippen LogP contribution in [0.25, 0.3) is 0 Å². The number of terminal acetylenes is 1. The van der Waals surface area contributed by atoms with Crippen molar-refractivity contribution in [2.45, 2.75) is 82.5 Å². The molecule has 2 atom stereocenters. The number of alkyl carbamates (subject to hydrolysis) is 1. The van der Waals surface area contributed by atoms with E-state index in [0.717, 1.165) is 0 Å². The van der Waals surface area contributed by atoms with E-state index in [0.29, 0.717) is 11.1 Å². The van der Waals surface area contributed by atoms with Crippen LogP contribution in [0.5, 0.6) is 0 Å². The molecule has 1 N–H and O–H groups in total. The van der Waals surface area contributed by atoms with E-state index in [4.69, 9.17) is 29.8 Å². The zero-order valence-electron chi connectivity index (χ0n) is 22.7. The van der Waals surface area contributed by atoms with Gasteiger partial charge in [-0.25, -0.2) is 9.59 Å². The molecule has 36 heavy (non-hydrogen) atoms. The van der Waals surface area contributed by atoms with Gasteiger partial charge >= 0.3 is 12.1 Å². The molecule has 1 amide bonds. The minimum Gasteiger partial charge on any atom is -0.453 e. The van der Waals surface area contributed by atoms with E-state index in [9.17, 15) is 9.59 Å². The Morgan fingerprint density at radius 3 is 2.31 bits per heavy atom. The standard InChI is InChI=1S/C26H37NO7Si2/c1-11-25(34-36(9,10)24(2,3)4)17-26(31-13-14-32-26)22(27-23(29)30-5)21-18(25)16-20(28)33-19(21)12-15-35(6,7)8/h1,16,19H,13-14,17H2,2-10H3,(H,27,29)/t19-,25-/m0/s1. The number of hydrogen-bond donors (Lipinski definition) is 1. The van der Waals surface area contributed by atoms with Gasteiger partial charge in [-0.05, 0) is 18.1 Å². The highest BCUT2D eigenvalue weighted by Crippen LogP contribution is 2.53. The normalized spacial score (nSPS) is 25.7. The number of nitrogens with one attached hydrogen (secondary N) is 1. The number of ether oxygens (including phenoxy) is 4. The predicted molar refractivity (Wildman–Crippen MR) is 141 cm³/mol. The van der Waals surface area contributed by atoms with Crippen LogP contribution in [0, 0.1) is 23.8 Å². The summed E-state index contributed by atoms with van der Waals surface area (Å²) in [5.74, 6) is 3.97. The van der Waals surface area contributed by atoms with E-state index in [-0.39, 0.29) is 30.4 Å². The van der Waals surface area contributed by atoms with E-state index >= 15 is 0 Å². The Balaban J connectivity index is 2.36. The summed E-state index contributed by atoms with van der Waals surface area (Å²) in [5, 5.41) is 2.59. The number of carbonyl (C=O) groups is 2. The largest absolute Gasteiger partial charge is 0.453 e. The molecule has 2 heterocycles. The van der Waals surface area contributed by atoms with Crippen LogP contribution in [0.15, 0.2) is 22.9 Å². The molecule has 0 saturated carbocycles. The Morgan fingerprint density at radius 1 is 1.19 bits per heavy atom. The van der Waals surface area contributed by atoms with E-state index in [1.165, 1.54) is 13.2 Å². The Labute approximate surface area is 216 Å². The van der Waals surface area contributed by atoms with Crippen LogP contribution >= 0.6 is 0 Å². The maximum Gasteiger partial charge on any atom is 0.411 e. The summed E-state index contributed by atoms with van der Waals surface area (Å²) in [5.41, 5.74) is 3.01. The lowest BCUT2D eigenvalue weighted by atomic mass is 9.72. The van der Waals surface area contributed by atoms with Gasteiger partial charge in [0.15, 0.2) is 14.4 Å². The van der Waals surface area contributed by atoms with Crippen LogP contribution in [0.3, 0.4) is 0 Å². The van der Waals surface area contributed by atoms with Crippen LogP contribution in [0.1, 0.15) is 27.2 Å². The lowest BCUT2D eigenvalue weighted by Crippen LogP contribution is -2.60. The third-order valence-electron chi connectivity index (χ3n) is 6.83. The molecule has 1 aliphatic carbocycles. The van der Waals surface area contributed by atoms with Gasteiger partial charge < -0.3 is 23.4 Å². The molecule has 1 saturated heterocycles. The lowest BCUT2D eigenvalue weighted by molar-refractivity contribution is -0.162. The van der Waals surface area contributed by atoms with E-state index in [2.05, 4.69) is 76.2 Å². The maximum atomic E-state index is 12.9. The first-order chi connectivity index (χ1) is 16.5. The van der Waals surface area contributed by atoms with Crippen molar-refractivity contribution in [1.82, 2.24) is 5.32 Å². The SMILES string of the molecule is C#C[C@]1(O[Si](C)(C)C(C)(C)C)CC2(OCCO2)C(NC(=O)OC)=C2C1=CC(=O)O[C@H]2C#C[Si](C)(C)C. The monoisotopic (exact) mass is 531 g/mol. The first-order valence-corrected chi connectivity index (χ1v) is 18.4. The molecule has 196 valence electrons. The molecule has 0 aromatic rings. The molecule has 0 unspecified atom stereocenters. The van der Waals surface area contributed by atoms with Crippen molar-refractivity contribution >= 4 is 28.5 Å². The second kappa shape index (κ2) is 9.51. The lowest BCUT2D eigenvalue weighted by Gasteiger charge is -2.51. The molecule has 2 aliphatic heterocycles. The van der Waals surface area contributed by atoms with Gasteiger partial charge in [0.05, 0.1) is 32.4 Å². The smallest absolute Gasteiger partial charge is 0.411 e. The summed E-state index contributed by atoms with van der Waals surface area (Å²) >= 11 is 0. The topological polar surface area (TPSA) is 92.3 Å². The number of hydrogen-bond acceptors (Lipinski definition) is 7. The average molecular weight is 532 g/mol. The van der Waals surface area contributed by atoms with Gasteiger partial charge in [-0.1, -0.05) is 52.3 Å². The number of cyclic esters (lactones) is 1. The molecule has 8 nitrogen and oxygen atoms in total. The first kappa shape index (κ1) is 28.2. The van der Waals surface area contributed by atoms with Crippen molar-refractivity contribution in [2.75, 3.05) is 20.3 Å². The Bertz CT molecular complexity index is 1100. The number of rotatable bonds is 3. The van der Waals surface area contributed by atoms with Crippen LogP contribution in [-0.4, -0.2) is 66.3 Å². The second-order valence-electron chi connectivity index (χ2n) is 11.8. The molecule has 1 fully saturated rings. The number of carbonyl (C=O) groups excluding carboxylic acids is 2. The van der Waals surface area contributed by atoms with Crippen LogP contribution in [-0.2, 0) is 28.2 Å². The van der Waals surface area contributed by atoms with E-state index < -0.39 is 45.9 Å². The molecule has 0 radical (unpaired) electrons. The quantitative estimate of drug-likeness (QED) is 0.336. The molecule has 0 aromatic heterocycles.